The van der Waals surface area contributed by atoms with Gasteiger partial charge in [-0.2, -0.15) is 0 Å². The lowest BCUT2D eigenvalue weighted by Crippen LogP contribution is -2.49. The van der Waals surface area contributed by atoms with Crippen LogP contribution in [0.3, 0.4) is 0 Å². The van der Waals surface area contributed by atoms with Crippen LogP contribution in [0.5, 0.6) is 0 Å². The lowest BCUT2D eigenvalue weighted by atomic mass is 9.91. The van der Waals surface area contributed by atoms with Gasteiger partial charge in [0.1, 0.15) is 0 Å². The predicted molar refractivity (Wildman–Crippen MR) is 105 cm³/mol. The molecule has 2 unspecified atom stereocenters. The van der Waals surface area contributed by atoms with E-state index in [-0.39, 0.29) is 23.8 Å². The second-order valence-corrected chi connectivity index (χ2v) is 7.30. The first kappa shape index (κ1) is 20.4. The van der Waals surface area contributed by atoms with E-state index in [0.29, 0.717) is 25.9 Å². The molecule has 1 aromatic rings. The van der Waals surface area contributed by atoms with Gasteiger partial charge in [0.25, 0.3) is 0 Å². The maximum atomic E-state index is 13.0. The van der Waals surface area contributed by atoms with Gasteiger partial charge in [0, 0.05) is 38.5 Å². The van der Waals surface area contributed by atoms with E-state index in [4.69, 9.17) is 5.73 Å². The number of amides is 2. The van der Waals surface area contributed by atoms with Crippen LogP contribution >= 0.6 is 0 Å². The van der Waals surface area contributed by atoms with Crippen LogP contribution < -0.4 is 11.1 Å². The molecule has 2 amide bonds. The fourth-order valence-electron chi connectivity index (χ4n) is 3.66. The zero-order valence-corrected chi connectivity index (χ0v) is 16.2. The maximum absolute atomic E-state index is 13.0. The number of nitrogens with two attached hydrogens (primary N) is 1. The molecule has 1 aliphatic heterocycles. The molecule has 0 radical (unpaired) electrons. The van der Waals surface area contributed by atoms with E-state index >= 15 is 0 Å². The van der Waals surface area contributed by atoms with Crippen molar-refractivity contribution in [2.45, 2.75) is 64.3 Å². The lowest BCUT2D eigenvalue weighted by Gasteiger charge is -2.36. The molecule has 1 saturated heterocycles. The number of likely N-dealkylation sites (tertiary alicyclic amines) is 1. The Hall–Kier alpha value is -1.88. The minimum absolute atomic E-state index is 0.0310. The number of nitrogens with one attached hydrogen (secondary N) is 1. The SMILES string of the molecule is CCC(CC(=O)N1CCCCC1CNC(=O)CCN)c1ccc(C)cc1. The van der Waals surface area contributed by atoms with Gasteiger partial charge in [-0.05, 0) is 44.1 Å². The van der Waals surface area contributed by atoms with Gasteiger partial charge in [0.05, 0.1) is 0 Å². The van der Waals surface area contributed by atoms with E-state index in [1.807, 2.05) is 4.90 Å². The topological polar surface area (TPSA) is 75.4 Å². The summed E-state index contributed by atoms with van der Waals surface area (Å²) < 4.78 is 0. The summed E-state index contributed by atoms with van der Waals surface area (Å²) in [6, 6.07) is 8.60. The number of hydrogen-bond acceptors (Lipinski definition) is 3. The molecule has 1 aliphatic rings. The third kappa shape index (κ3) is 5.84. The Morgan fingerprint density at radius 1 is 1.27 bits per heavy atom. The van der Waals surface area contributed by atoms with Crippen molar-refractivity contribution in [3.8, 4) is 0 Å². The van der Waals surface area contributed by atoms with Crippen molar-refractivity contribution < 1.29 is 9.59 Å². The molecule has 1 aromatic carbocycles. The van der Waals surface area contributed by atoms with Crippen LogP contribution in [-0.4, -0.2) is 42.4 Å². The van der Waals surface area contributed by atoms with E-state index in [9.17, 15) is 9.59 Å². The molecule has 0 bridgehead atoms. The number of benzene rings is 1. The number of nitrogens with zero attached hydrogens (tertiary/aromatic N) is 1. The van der Waals surface area contributed by atoms with Gasteiger partial charge in [-0.15, -0.1) is 0 Å². The van der Waals surface area contributed by atoms with Crippen LogP contribution in [0.4, 0.5) is 0 Å². The van der Waals surface area contributed by atoms with Crippen LogP contribution in [0.15, 0.2) is 24.3 Å². The highest BCUT2D eigenvalue weighted by Gasteiger charge is 2.28. The molecule has 1 fully saturated rings. The summed E-state index contributed by atoms with van der Waals surface area (Å²) in [6.07, 6.45) is 4.92. The Balaban J connectivity index is 1.97. The largest absolute Gasteiger partial charge is 0.354 e. The fraction of sp³-hybridized carbons (Fsp3) is 0.619. The average molecular weight is 360 g/mol. The zero-order valence-electron chi connectivity index (χ0n) is 16.2. The van der Waals surface area contributed by atoms with Gasteiger partial charge in [-0.3, -0.25) is 9.59 Å². The third-order valence-electron chi connectivity index (χ3n) is 5.32. The van der Waals surface area contributed by atoms with Crippen LogP contribution in [0.25, 0.3) is 0 Å². The number of aryl methyl sites for hydroxylation is 1. The molecule has 0 aromatic heterocycles. The molecule has 5 nitrogen and oxygen atoms in total. The van der Waals surface area contributed by atoms with Gasteiger partial charge < -0.3 is 16.0 Å². The van der Waals surface area contributed by atoms with E-state index in [1.165, 1.54) is 11.1 Å². The molecule has 5 heteroatoms. The summed E-state index contributed by atoms with van der Waals surface area (Å²) in [5.74, 6) is 0.421. The van der Waals surface area contributed by atoms with Crippen LogP contribution in [-0.2, 0) is 9.59 Å². The zero-order chi connectivity index (χ0) is 18.9. The van der Waals surface area contributed by atoms with Gasteiger partial charge >= 0.3 is 0 Å². The monoisotopic (exact) mass is 359 g/mol. The van der Waals surface area contributed by atoms with Crippen LogP contribution in [0.1, 0.15) is 62.5 Å². The van der Waals surface area contributed by atoms with Gasteiger partial charge in [0.15, 0.2) is 0 Å². The normalized spacial score (nSPS) is 18.4. The van der Waals surface area contributed by atoms with Crippen molar-refractivity contribution >= 4 is 11.8 Å². The second-order valence-electron chi connectivity index (χ2n) is 7.30. The van der Waals surface area contributed by atoms with Crippen molar-refractivity contribution in [3.05, 3.63) is 35.4 Å². The molecular formula is C21H33N3O2. The number of hydrogen-bond donors (Lipinski definition) is 2. The number of piperidine rings is 1. The molecule has 3 N–H and O–H groups in total. The summed E-state index contributed by atoms with van der Waals surface area (Å²) in [6.45, 7) is 5.89. The number of rotatable bonds is 8. The van der Waals surface area contributed by atoms with Crippen molar-refractivity contribution in [2.24, 2.45) is 5.73 Å². The molecule has 2 rings (SSSR count). The average Bonchev–Trinajstić information content (AvgIpc) is 2.65. The summed E-state index contributed by atoms with van der Waals surface area (Å²) in [5.41, 5.74) is 7.89. The molecular weight excluding hydrogens is 326 g/mol. The highest BCUT2D eigenvalue weighted by Crippen LogP contribution is 2.26. The Morgan fingerprint density at radius 3 is 2.65 bits per heavy atom. The predicted octanol–water partition coefficient (Wildman–Crippen LogP) is 2.72. The van der Waals surface area contributed by atoms with Gasteiger partial charge in [-0.1, -0.05) is 36.8 Å². The second kappa shape index (κ2) is 10.3. The summed E-state index contributed by atoms with van der Waals surface area (Å²) in [4.78, 5) is 26.7. The molecule has 0 spiro atoms. The smallest absolute Gasteiger partial charge is 0.223 e. The van der Waals surface area contributed by atoms with Crippen molar-refractivity contribution in [1.82, 2.24) is 10.2 Å². The minimum Gasteiger partial charge on any atom is -0.354 e. The lowest BCUT2D eigenvalue weighted by molar-refractivity contribution is -0.136. The van der Waals surface area contributed by atoms with Gasteiger partial charge in [-0.25, -0.2) is 0 Å². The standard InChI is InChI=1S/C21H33N3O2/c1-3-17(18-9-7-16(2)8-10-18)14-21(26)24-13-5-4-6-19(24)15-23-20(25)11-12-22/h7-10,17,19H,3-6,11-15,22H2,1-2H3,(H,23,25). The highest BCUT2D eigenvalue weighted by molar-refractivity contribution is 5.78. The first-order valence-electron chi connectivity index (χ1n) is 9.88. The minimum atomic E-state index is -0.0310. The fourth-order valence-corrected chi connectivity index (χ4v) is 3.66. The Labute approximate surface area is 157 Å². The van der Waals surface area contributed by atoms with Crippen LogP contribution in [0, 0.1) is 6.92 Å². The van der Waals surface area contributed by atoms with E-state index in [0.717, 1.165) is 32.2 Å². The molecule has 144 valence electrons. The third-order valence-corrected chi connectivity index (χ3v) is 5.32. The van der Waals surface area contributed by atoms with E-state index in [1.54, 1.807) is 0 Å². The van der Waals surface area contributed by atoms with Gasteiger partial charge in [0.2, 0.25) is 11.8 Å². The molecule has 0 saturated carbocycles. The molecule has 0 aliphatic carbocycles. The first-order chi connectivity index (χ1) is 12.5. The van der Waals surface area contributed by atoms with Crippen LogP contribution in [0.2, 0.25) is 0 Å². The molecule has 1 heterocycles. The molecule has 2 atom stereocenters. The van der Waals surface area contributed by atoms with E-state index < -0.39 is 0 Å². The summed E-state index contributed by atoms with van der Waals surface area (Å²) in [7, 11) is 0. The highest BCUT2D eigenvalue weighted by atomic mass is 16.2. The first-order valence-corrected chi connectivity index (χ1v) is 9.88. The maximum Gasteiger partial charge on any atom is 0.223 e. The Morgan fingerprint density at radius 2 is 2.00 bits per heavy atom. The summed E-state index contributed by atoms with van der Waals surface area (Å²) >= 11 is 0. The quantitative estimate of drug-likeness (QED) is 0.749. The van der Waals surface area contributed by atoms with Crippen molar-refractivity contribution in [3.63, 3.8) is 0 Å². The number of carbonyl (C=O) groups is 2. The van der Waals surface area contributed by atoms with Crippen molar-refractivity contribution in [1.29, 1.82) is 0 Å². The Kier molecular flexibility index (Phi) is 8.10. The molecule has 26 heavy (non-hydrogen) atoms. The Bertz CT molecular complexity index is 585. The number of carbonyl (C=O) groups excluding carboxylic acids is 2. The van der Waals surface area contributed by atoms with E-state index in [2.05, 4.69) is 43.4 Å². The van der Waals surface area contributed by atoms with Crippen molar-refractivity contribution in [2.75, 3.05) is 19.6 Å². The summed E-state index contributed by atoms with van der Waals surface area (Å²) in [5, 5.41) is 2.93.